The first-order chi connectivity index (χ1) is 11.8. The van der Waals surface area contributed by atoms with E-state index in [2.05, 4.69) is 20.5 Å². The highest BCUT2D eigenvalue weighted by atomic mass is 35.5. The number of amides is 1. The summed E-state index contributed by atoms with van der Waals surface area (Å²) in [5.74, 6) is -2.66. The van der Waals surface area contributed by atoms with Crippen LogP contribution in [0, 0.1) is 11.8 Å². The van der Waals surface area contributed by atoms with Crippen LogP contribution in [0.15, 0.2) is 0 Å². The quantitative estimate of drug-likeness (QED) is 0.806. The van der Waals surface area contributed by atoms with Crippen molar-refractivity contribution in [1.82, 2.24) is 20.5 Å². The van der Waals surface area contributed by atoms with Gasteiger partial charge < -0.3 is 15.8 Å². The molecule has 2 aliphatic heterocycles. The number of aromatic nitrogens is 3. The summed E-state index contributed by atoms with van der Waals surface area (Å²) >= 11 is 0. The zero-order valence-corrected chi connectivity index (χ0v) is 14.8. The molecule has 0 bridgehead atoms. The zero-order chi connectivity index (χ0) is 18.0. The van der Waals surface area contributed by atoms with Crippen LogP contribution in [0.25, 0.3) is 0 Å². The van der Waals surface area contributed by atoms with E-state index in [1.807, 2.05) is 0 Å². The molecular weight excluding hydrogens is 375 g/mol. The number of ether oxygens (including phenoxy) is 1. The third kappa shape index (κ3) is 4.73. The van der Waals surface area contributed by atoms with E-state index in [-0.39, 0.29) is 43.7 Å². The summed E-state index contributed by atoms with van der Waals surface area (Å²) in [6, 6.07) is 0. The number of hydrogen-bond acceptors (Lipinski definition) is 6. The lowest BCUT2D eigenvalue weighted by molar-refractivity contribution is -0.183. The molecule has 26 heavy (non-hydrogen) atoms. The largest absolute Gasteiger partial charge is 0.393 e. The number of anilines is 1. The van der Waals surface area contributed by atoms with Gasteiger partial charge in [0.2, 0.25) is 11.9 Å². The van der Waals surface area contributed by atoms with Gasteiger partial charge in [0.05, 0.1) is 17.3 Å². The van der Waals surface area contributed by atoms with Crippen molar-refractivity contribution in [2.75, 3.05) is 25.5 Å². The monoisotopic (exact) mass is 395 g/mol. The van der Waals surface area contributed by atoms with Crippen LogP contribution in [0.4, 0.5) is 19.1 Å². The van der Waals surface area contributed by atoms with Crippen molar-refractivity contribution in [2.24, 2.45) is 11.8 Å². The van der Waals surface area contributed by atoms with Crippen LogP contribution < -0.4 is 11.1 Å². The minimum Gasteiger partial charge on any atom is -0.381 e. The van der Waals surface area contributed by atoms with Gasteiger partial charge in [-0.05, 0) is 19.3 Å². The summed E-state index contributed by atoms with van der Waals surface area (Å²) in [4.78, 5) is 16.3. The van der Waals surface area contributed by atoms with E-state index in [1.54, 1.807) is 0 Å². The number of alkyl halides is 3. The molecular formula is C15H21ClF3N5O2. The zero-order valence-electron chi connectivity index (χ0n) is 14.0. The molecule has 1 aromatic heterocycles. The molecule has 7 nitrogen and oxygen atoms in total. The Morgan fingerprint density at radius 3 is 2.58 bits per heavy atom. The first-order valence-corrected chi connectivity index (χ1v) is 8.25. The van der Waals surface area contributed by atoms with Gasteiger partial charge in [-0.25, -0.2) is 4.98 Å². The van der Waals surface area contributed by atoms with E-state index in [0.717, 1.165) is 12.8 Å². The maximum absolute atomic E-state index is 13.0. The molecule has 0 spiro atoms. The number of carbonyl (C=O) groups is 1. The number of piperidine rings is 1. The van der Waals surface area contributed by atoms with Crippen LogP contribution >= 0.6 is 12.4 Å². The van der Waals surface area contributed by atoms with E-state index in [0.29, 0.717) is 24.6 Å². The van der Waals surface area contributed by atoms with E-state index in [9.17, 15) is 18.0 Å². The molecule has 146 valence electrons. The number of nitrogen functional groups attached to an aromatic ring is 1. The topological polar surface area (TPSA) is 103 Å². The molecule has 2 fully saturated rings. The molecule has 0 unspecified atom stereocenters. The number of nitrogens with two attached hydrogens (primary N) is 1. The summed E-state index contributed by atoms with van der Waals surface area (Å²) in [6.45, 7) is 0.777. The van der Waals surface area contributed by atoms with Gasteiger partial charge >= 0.3 is 6.18 Å². The summed E-state index contributed by atoms with van der Waals surface area (Å²) in [7, 11) is 0. The van der Waals surface area contributed by atoms with Crippen LogP contribution in [0.1, 0.15) is 36.6 Å². The van der Waals surface area contributed by atoms with Crippen LogP contribution in [0.2, 0.25) is 0 Å². The second-order valence-corrected chi connectivity index (χ2v) is 6.51. The molecule has 2 aliphatic rings. The van der Waals surface area contributed by atoms with E-state index in [1.165, 1.54) is 0 Å². The van der Waals surface area contributed by atoms with Gasteiger partial charge in [0.25, 0.3) is 0 Å². The molecule has 2 saturated heterocycles. The molecule has 0 saturated carbocycles. The van der Waals surface area contributed by atoms with Crippen LogP contribution in [0.5, 0.6) is 0 Å². The van der Waals surface area contributed by atoms with Crippen LogP contribution in [-0.2, 0) is 16.0 Å². The van der Waals surface area contributed by atoms with Crippen molar-refractivity contribution in [3.63, 3.8) is 0 Å². The Kier molecular flexibility index (Phi) is 6.62. The highest BCUT2D eigenvalue weighted by molar-refractivity contribution is 5.85. The number of rotatable bonds is 3. The number of hydrogen-bond donors (Lipinski definition) is 2. The number of nitrogens with zero attached hydrogens (tertiary/aromatic N) is 3. The molecule has 0 radical (unpaired) electrons. The van der Waals surface area contributed by atoms with Crippen molar-refractivity contribution < 1.29 is 22.7 Å². The summed E-state index contributed by atoms with van der Waals surface area (Å²) in [6.07, 6.45) is -3.05. The van der Waals surface area contributed by atoms with Crippen molar-refractivity contribution >= 4 is 24.3 Å². The first kappa shape index (κ1) is 20.6. The second-order valence-electron chi connectivity index (χ2n) is 6.51. The Balaban J connectivity index is 0.00000243. The summed E-state index contributed by atoms with van der Waals surface area (Å²) < 4.78 is 44.3. The molecule has 3 rings (SSSR count). The molecule has 1 aromatic rings. The predicted molar refractivity (Wildman–Crippen MR) is 88.6 cm³/mol. The number of halogens is 4. The third-order valence-corrected chi connectivity index (χ3v) is 4.78. The standard InChI is InChI=1S/C15H20F3N5O2.ClH/c16-15(17,18)10-5-9(13(24)20-7-10)6-11-12(21-14(19)23-22-11)8-1-3-25-4-2-8;/h8-10H,1-7H2,(H,20,24)(H2,19,21,23);1H/t9-,10-;/m1./s1. The Hall–Kier alpha value is -1.68. The highest BCUT2D eigenvalue weighted by Crippen LogP contribution is 2.35. The minimum absolute atomic E-state index is 0. The Bertz CT molecular complexity index is 640. The lowest BCUT2D eigenvalue weighted by atomic mass is 9.84. The fraction of sp³-hybridized carbons (Fsp3) is 0.733. The highest BCUT2D eigenvalue weighted by Gasteiger charge is 2.45. The van der Waals surface area contributed by atoms with Gasteiger partial charge in [-0.1, -0.05) is 0 Å². The maximum atomic E-state index is 13.0. The molecule has 3 N–H and O–H groups in total. The molecule has 1 amide bonds. The predicted octanol–water partition coefficient (Wildman–Crippen LogP) is 1.63. The first-order valence-electron chi connectivity index (χ1n) is 8.25. The Labute approximate surface area is 154 Å². The molecule has 2 atom stereocenters. The lowest BCUT2D eigenvalue weighted by Crippen LogP contribution is -2.47. The molecule has 3 heterocycles. The van der Waals surface area contributed by atoms with Crippen molar-refractivity contribution in [3.05, 3.63) is 11.4 Å². The van der Waals surface area contributed by atoms with Crippen molar-refractivity contribution in [3.8, 4) is 0 Å². The summed E-state index contributed by atoms with van der Waals surface area (Å²) in [5.41, 5.74) is 6.70. The Morgan fingerprint density at radius 1 is 1.23 bits per heavy atom. The van der Waals surface area contributed by atoms with Crippen LogP contribution in [0.3, 0.4) is 0 Å². The normalized spacial score (nSPS) is 24.7. The third-order valence-electron chi connectivity index (χ3n) is 4.78. The number of nitrogens with one attached hydrogen (secondary N) is 1. The minimum atomic E-state index is -4.33. The number of carbonyl (C=O) groups excluding carboxylic acids is 1. The van der Waals surface area contributed by atoms with Gasteiger partial charge in [-0.2, -0.15) is 13.2 Å². The Morgan fingerprint density at radius 2 is 1.92 bits per heavy atom. The van der Waals surface area contributed by atoms with E-state index >= 15 is 0 Å². The van der Waals surface area contributed by atoms with Gasteiger partial charge in [0.1, 0.15) is 0 Å². The molecule has 11 heteroatoms. The van der Waals surface area contributed by atoms with Gasteiger partial charge in [0.15, 0.2) is 0 Å². The average Bonchev–Trinajstić information content (AvgIpc) is 2.58. The molecule has 0 aromatic carbocycles. The second kappa shape index (κ2) is 8.34. The smallest absolute Gasteiger partial charge is 0.381 e. The fourth-order valence-electron chi connectivity index (χ4n) is 3.38. The molecule has 0 aliphatic carbocycles. The van der Waals surface area contributed by atoms with E-state index < -0.39 is 23.9 Å². The van der Waals surface area contributed by atoms with Crippen LogP contribution in [-0.4, -0.2) is 47.0 Å². The average molecular weight is 396 g/mol. The van der Waals surface area contributed by atoms with Crippen molar-refractivity contribution in [1.29, 1.82) is 0 Å². The maximum Gasteiger partial charge on any atom is 0.393 e. The lowest BCUT2D eigenvalue weighted by Gasteiger charge is -2.31. The summed E-state index contributed by atoms with van der Waals surface area (Å²) in [5, 5.41) is 10.1. The van der Waals surface area contributed by atoms with E-state index in [4.69, 9.17) is 10.5 Å². The van der Waals surface area contributed by atoms with Gasteiger partial charge in [-0.15, -0.1) is 22.6 Å². The van der Waals surface area contributed by atoms with Gasteiger partial charge in [0, 0.05) is 38.0 Å². The van der Waals surface area contributed by atoms with Gasteiger partial charge in [-0.3, -0.25) is 4.79 Å². The fourth-order valence-corrected chi connectivity index (χ4v) is 3.38. The SMILES string of the molecule is Cl.Nc1nnc(C[C@H]2C[C@@H](C(F)(F)F)CNC2=O)c(C2CCOCC2)n1. The van der Waals surface area contributed by atoms with Crippen molar-refractivity contribution in [2.45, 2.75) is 37.8 Å².